The van der Waals surface area contributed by atoms with Gasteiger partial charge in [-0.05, 0) is 12.8 Å². The number of carboxylic acids is 1. The number of nitrogens with one attached hydrogen (secondary N) is 1. The Morgan fingerprint density at radius 3 is 2.67 bits per heavy atom. The maximum Gasteiger partial charge on any atom is 0.327 e. The van der Waals surface area contributed by atoms with E-state index in [2.05, 4.69) is 20.5 Å². The molecule has 0 radical (unpaired) electrons. The summed E-state index contributed by atoms with van der Waals surface area (Å²) in [4.78, 5) is 28.7. The van der Waals surface area contributed by atoms with Gasteiger partial charge >= 0.3 is 12.0 Å². The molecule has 1 aliphatic heterocycles. The second kappa shape index (κ2) is 6.70. The van der Waals surface area contributed by atoms with Crippen molar-refractivity contribution in [1.29, 1.82) is 0 Å². The number of hydrogen-bond acceptors (Lipinski definition) is 6. The quantitative estimate of drug-likeness (QED) is 0.853. The van der Waals surface area contributed by atoms with Gasteiger partial charge in [-0.2, -0.15) is 0 Å². The van der Waals surface area contributed by atoms with Crippen molar-refractivity contribution in [2.45, 2.75) is 32.7 Å². The molecule has 1 saturated heterocycles. The van der Waals surface area contributed by atoms with Crippen LogP contribution in [0, 0.1) is 0 Å². The monoisotopic (exact) mass is 311 g/mol. The first-order chi connectivity index (χ1) is 10.1. The topological polar surface area (TPSA) is 108 Å². The lowest BCUT2D eigenvalue weighted by Gasteiger charge is -2.20. The third-order valence-electron chi connectivity index (χ3n) is 3.16. The fourth-order valence-corrected chi connectivity index (χ4v) is 3.15. The van der Waals surface area contributed by atoms with Crippen LogP contribution in [-0.2, 0) is 17.6 Å². The summed E-state index contributed by atoms with van der Waals surface area (Å²) in [6.45, 7) is 3.91. The standard InChI is InChI=1S/C12H17N5O3S/c1-3-7-8(4-2)15-16-11(13-7)14-12(20)17-6-21-5-9(17)10(18)19/h9H,3-6H2,1-2H3,(H,18,19)(H,13,14,16,20)/t9-/m0/s1. The maximum absolute atomic E-state index is 12.1. The molecule has 8 nitrogen and oxygen atoms in total. The minimum atomic E-state index is -1.01. The molecular formula is C12H17N5O3S. The molecule has 2 heterocycles. The zero-order valence-electron chi connectivity index (χ0n) is 11.9. The van der Waals surface area contributed by atoms with Gasteiger partial charge in [0.15, 0.2) is 0 Å². The number of anilines is 1. The third kappa shape index (κ3) is 3.41. The van der Waals surface area contributed by atoms with Crippen LogP contribution in [0.4, 0.5) is 10.7 Å². The van der Waals surface area contributed by atoms with Crippen LogP contribution in [0.5, 0.6) is 0 Å². The number of urea groups is 1. The van der Waals surface area contributed by atoms with Crippen LogP contribution >= 0.6 is 11.8 Å². The first-order valence-corrected chi connectivity index (χ1v) is 7.82. The van der Waals surface area contributed by atoms with Crippen molar-refractivity contribution in [2.75, 3.05) is 16.9 Å². The van der Waals surface area contributed by atoms with E-state index < -0.39 is 18.0 Å². The molecular weight excluding hydrogens is 294 g/mol. The summed E-state index contributed by atoms with van der Waals surface area (Å²) in [5.74, 6) is -0.180. The normalized spacial score (nSPS) is 17.8. The lowest BCUT2D eigenvalue weighted by atomic mass is 10.2. The van der Waals surface area contributed by atoms with E-state index in [1.54, 1.807) is 0 Å². The lowest BCUT2D eigenvalue weighted by Crippen LogP contribution is -2.44. The minimum Gasteiger partial charge on any atom is -0.480 e. The van der Waals surface area contributed by atoms with E-state index in [9.17, 15) is 9.59 Å². The van der Waals surface area contributed by atoms with Crippen molar-refractivity contribution in [2.24, 2.45) is 0 Å². The summed E-state index contributed by atoms with van der Waals surface area (Å²) < 4.78 is 0. The number of rotatable bonds is 4. The van der Waals surface area contributed by atoms with Crippen LogP contribution in [0.25, 0.3) is 0 Å². The van der Waals surface area contributed by atoms with Crippen molar-refractivity contribution < 1.29 is 14.7 Å². The van der Waals surface area contributed by atoms with Gasteiger partial charge in [0.1, 0.15) is 6.04 Å². The SMILES string of the molecule is CCc1nnc(NC(=O)N2CSC[C@H]2C(=O)O)nc1CC. The predicted octanol–water partition coefficient (Wildman–Crippen LogP) is 0.988. The van der Waals surface area contributed by atoms with Crippen LogP contribution in [0.2, 0.25) is 0 Å². The molecule has 2 rings (SSSR count). The summed E-state index contributed by atoms with van der Waals surface area (Å²) in [5.41, 5.74) is 1.59. The van der Waals surface area contributed by atoms with Gasteiger partial charge in [0.25, 0.3) is 5.95 Å². The number of hydrogen-bond donors (Lipinski definition) is 2. The second-order valence-corrected chi connectivity index (χ2v) is 5.49. The largest absolute Gasteiger partial charge is 0.480 e. The molecule has 0 bridgehead atoms. The molecule has 114 valence electrons. The summed E-state index contributed by atoms with van der Waals surface area (Å²) in [6, 6.07) is -1.33. The summed E-state index contributed by atoms with van der Waals surface area (Å²) in [6.07, 6.45) is 1.42. The fraction of sp³-hybridized carbons (Fsp3) is 0.583. The average molecular weight is 311 g/mol. The highest BCUT2D eigenvalue weighted by Gasteiger charge is 2.34. The molecule has 0 saturated carbocycles. The van der Waals surface area contributed by atoms with Crippen LogP contribution in [-0.4, -0.2) is 54.9 Å². The van der Waals surface area contributed by atoms with E-state index in [1.807, 2.05) is 13.8 Å². The molecule has 1 aliphatic rings. The van der Waals surface area contributed by atoms with Gasteiger partial charge < -0.3 is 10.0 Å². The highest BCUT2D eigenvalue weighted by Crippen LogP contribution is 2.21. The highest BCUT2D eigenvalue weighted by molar-refractivity contribution is 7.99. The van der Waals surface area contributed by atoms with Gasteiger partial charge in [0.05, 0.1) is 17.3 Å². The smallest absolute Gasteiger partial charge is 0.327 e. The van der Waals surface area contributed by atoms with E-state index in [-0.39, 0.29) is 5.95 Å². The van der Waals surface area contributed by atoms with Crippen molar-refractivity contribution in [3.8, 4) is 0 Å². The molecule has 1 aromatic rings. The van der Waals surface area contributed by atoms with Crippen LogP contribution in [0.3, 0.4) is 0 Å². The fourth-order valence-electron chi connectivity index (χ4n) is 2.01. The Balaban J connectivity index is 2.11. The maximum atomic E-state index is 12.1. The first-order valence-electron chi connectivity index (χ1n) is 6.67. The Labute approximate surface area is 126 Å². The number of carbonyl (C=O) groups is 2. The molecule has 2 N–H and O–H groups in total. The van der Waals surface area contributed by atoms with Crippen molar-refractivity contribution >= 4 is 29.7 Å². The van der Waals surface area contributed by atoms with Gasteiger partial charge in [-0.1, -0.05) is 13.8 Å². The number of thioether (sulfide) groups is 1. The Hall–Kier alpha value is -1.90. The number of amides is 2. The molecule has 1 aromatic heterocycles. The molecule has 1 atom stereocenters. The van der Waals surface area contributed by atoms with Gasteiger partial charge in [0, 0.05) is 5.75 Å². The molecule has 0 aromatic carbocycles. The third-order valence-corrected chi connectivity index (χ3v) is 4.17. The molecule has 9 heteroatoms. The number of carbonyl (C=O) groups excluding carboxylic acids is 1. The Bertz CT molecular complexity index is 554. The number of aliphatic carboxylic acids is 1. The van der Waals surface area contributed by atoms with Gasteiger partial charge in [-0.25, -0.2) is 14.6 Å². The molecule has 21 heavy (non-hydrogen) atoms. The van der Waals surface area contributed by atoms with Crippen molar-refractivity contribution in [3.05, 3.63) is 11.4 Å². The van der Waals surface area contributed by atoms with E-state index >= 15 is 0 Å². The number of nitrogens with zero attached hydrogens (tertiary/aromatic N) is 4. The van der Waals surface area contributed by atoms with Gasteiger partial charge in [0.2, 0.25) is 0 Å². The Kier molecular flexibility index (Phi) is 4.94. The number of aromatic nitrogens is 3. The van der Waals surface area contributed by atoms with E-state index in [4.69, 9.17) is 5.11 Å². The van der Waals surface area contributed by atoms with Gasteiger partial charge in [-0.15, -0.1) is 22.0 Å². The Morgan fingerprint density at radius 2 is 2.05 bits per heavy atom. The first kappa shape index (κ1) is 15.5. The van der Waals surface area contributed by atoms with Crippen LogP contribution in [0.1, 0.15) is 25.2 Å². The van der Waals surface area contributed by atoms with Crippen LogP contribution < -0.4 is 5.32 Å². The zero-order valence-corrected chi connectivity index (χ0v) is 12.7. The molecule has 0 spiro atoms. The summed E-state index contributed by atoms with van der Waals surface area (Å²) in [7, 11) is 0. The lowest BCUT2D eigenvalue weighted by molar-refractivity contribution is -0.140. The van der Waals surface area contributed by atoms with E-state index in [1.165, 1.54) is 16.7 Å². The van der Waals surface area contributed by atoms with Crippen molar-refractivity contribution in [3.63, 3.8) is 0 Å². The molecule has 2 amide bonds. The minimum absolute atomic E-state index is 0.107. The summed E-state index contributed by atoms with van der Waals surface area (Å²) >= 11 is 1.40. The van der Waals surface area contributed by atoms with E-state index in [0.29, 0.717) is 18.1 Å². The second-order valence-electron chi connectivity index (χ2n) is 4.49. The Morgan fingerprint density at radius 1 is 1.33 bits per heavy atom. The molecule has 0 aliphatic carbocycles. The number of carboxylic acid groups (broad SMARTS) is 1. The van der Waals surface area contributed by atoms with Crippen molar-refractivity contribution in [1.82, 2.24) is 20.1 Å². The molecule has 1 fully saturated rings. The van der Waals surface area contributed by atoms with Crippen LogP contribution in [0.15, 0.2) is 0 Å². The zero-order chi connectivity index (χ0) is 15.4. The predicted molar refractivity (Wildman–Crippen MR) is 78.2 cm³/mol. The summed E-state index contributed by atoms with van der Waals surface area (Å²) in [5, 5.41) is 19.5. The van der Waals surface area contributed by atoms with Gasteiger partial charge in [-0.3, -0.25) is 5.32 Å². The highest BCUT2D eigenvalue weighted by atomic mass is 32.2. The molecule has 0 unspecified atom stereocenters. The average Bonchev–Trinajstić information content (AvgIpc) is 2.96. The van der Waals surface area contributed by atoms with E-state index in [0.717, 1.165) is 17.8 Å². The number of aryl methyl sites for hydroxylation is 2.